The van der Waals surface area contributed by atoms with Crippen LogP contribution in [0.5, 0.6) is 5.75 Å². The fraction of sp³-hybridized carbons (Fsp3) is 0.250. The SMILES string of the molecule is CCOc1cc(N(C)c2cccc(C)c2)ccc1N. The summed E-state index contributed by atoms with van der Waals surface area (Å²) in [5.41, 5.74) is 10.0. The van der Waals surface area contributed by atoms with Crippen LogP contribution in [-0.2, 0) is 0 Å². The Kier molecular flexibility index (Phi) is 3.95. The molecule has 0 saturated carbocycles. The van der Waals surface area contributed by atoms with Crippen LogP contribution in [-0.4, -0.2) is 13.7 Å². The molecule has 0 amide bonds. The molecule has 0 aliphatic heterocycles. The summed E-state index contributed by atoms with van der Waals surface area (Å²) >= 11 is 0. The lowest BCUT2D eigenvalue weighted by Crippen LogP contribution is -2.10. The number of rotatable bonds is 4. The molecular formula is C16H20N2O. The Morgan fingerprint density at radius 2 is 1.84 bits per heavy atom. The Morgan fingerprint density at radius 3 is 2.53 bits per heavy atom. The summed E-state index contributed by atoms with van der Waals surface area (Å²) in [4.78, 5) is 2.12. The molecule has 0 heterocycles. The van der Waals surface area contributed by atoms with Crippen molar-refractivity contribution < 1.29 is 4.74 Å². The van der Waals surface area contributed by atoms with Crippen LogP contribution in [0.1, 0.15) is 12.5 Å². The molecule has 0 radical (unpaired) electrons. The lowest BCUT2D eigenvalue weighted by atomic mass is 10.2. The zero-order valence-electron chi connectivity index (χ0n) is 11.7. The van der Waals surface area contributed by atoms with E-state index in [4.69, 9.17) is 10.5 Å². The van der Waals surface area contributed by atoms with Gasteiger partial charge in [-0.15, -0.1) is 0 Å². The molecule has 19 heavy (non-hydrogen) atoms. The molecule has 0 fully saturated rings. The summed E-state index contributed by atoms with van der Waals surface area (Å²) in [5, 5.41) is 0. The van der Waals surface area contributed by atoms with Gasteiger partial charge in [-0.2, -0.15) is 0 Å². The molecule has 2 rings (SSSR count). The van der Waals surface area contributed by atoms with Gasteiger partial charge < -0.3 is 15.4 Å². The van der Waals surface area contributed by atoms with E-state index in [1.807, 2.05) is 32.2 Å². The van der Waals surface area contributed by atoms with Crippen molar-refractivity contribution >= 4 is 17.1 Å². The van der Waals surface area contributed by atoms with E-state index in [2.05, 4.69) is 36.1 Å². The van der Waals surface area contributed by atoms with E-state index in [1.54, 1.807) is 0 Å². The fourth-order valence-electron chi connectivity index (χ4n) is 2.00. The highest BCUT2D eigenvalue weighted by molar-refractivity contribution is 5.68. The van der Waals surface area contributed by atoms with Crippen molar-refractivity contribution in [2.24, 2.45) is 0 Å². The molecule has 3 heteroatoms. The molecule has 0 unspecified atom stereocenters. The zero-order chi connectivity index (χ0) is 13.8. The average molecular weight is 256 g/mol. The highest BCUT2D eigenvalue weighted by atomic mass is 16.5. The second-order valence-corrected chi connectivity index (χ2v) is 4.55. The van der Waals surface area contributed by atoms with E-state index >= 15 is 0 Å². The first-order valence-corrected chi connectivity index (χ1v) is 6.44. The third-order valence-electron chi connectivity index (χ3n) is 3.07. The minimum Gasteiger partial charge on any atom is -0.492 e. The molecule has 3 nitrogen and oxygen atoms in total. The molecule has 2 N–H and O–H groups in total. The van der Waals surface area contributed by atoms with E-state index in [0.29, 0.717) is 12.3 Å². The molecule has 0 atom stereocenters. The number of anilines is 3. The lowest BCUT2D eigenvalue weighted by molar-refractivity contribution is 0.342. The Hall–Kier alpha value is -2.16. The van der Waals surface area contributed by atoms with E-state index in [1.165, 1.54) is 5.56 Å². The van der Waals surface area contributed by atoms with Crippen LogP contribution in [0, 0.1) is 6.92 Å². The highest BCUT2D eigenvalue weighted by Crippen LogP contribution is 2.31. The Balaban J connectivity index is 2.33. The number of nitrogens with two attached hydrogens (primary N) is 1. The first-order chi connectivity index (χ1) is 9.11. The van der Waals surface area contributed by atoms with Gasteiger partial charge in [0.2, 0.25) is 0 Å². The molecule has 0 bridgehead atoms. The van der Waals surface area contributed by atoms with Gasteiger partial charge in [0.05, 0.1) is 12.3 Å². The third kappa shape index (κ3) is 2.99. The summed E-state index contributed by atoms with van der Waals surface area (Å²) < 4.78 is 5.54. The van der Waals surface area contributed by atoms with E-state index in [9.17, 15) is 0 Å². The van der Waals surface area contributed by atoms with Gasteiger partial charge in [0.25, 0.3) is 0 Å². The fourth-order valence-corrected chi connectivity index (χ4v) is 2.00. The van der Waals surface area contributed by atoms with Gasteiger partial charge in [-0.3, -0.25) is 0 Å². The maximum Gasteiger partial charge on any atom is 0.144 e. The van der Waals surface area contributed by atoms with Crippen molar-refractivity contribution in [3.8, 4) is 5.75 Å². The van der Waals surface area contributed by atoms with Crippen LogP contribution in [0.25, 0.3) is 0 Å². The number of ether oxygens (including phenoxy) is 1. The van der Waals surface area contributed by atoms with Crippen LogP contribution in [0.4, 0.5) is 17.1 Å². The molecule has 0 aliphatic carbocycles. The van der Waals surface area contributed by atoms with Crippen LogP contribution < -0.4 is 15.4 Å². The van der Waals surface area contributed by atoms with Crippen molar-refractivity contribution in [3.05, 3.63) is 48.0 Å². The second kappa shape index (κ2) is 5.65. The van der Waals surface area contributed by atoms with E-state index in [0.717, 1.165) is 17.1 Å². The normalized spacial score (nSPS) is 10.3. The molecule has 0 aromatic heterocycles. The van der Waals surface area contributed by atoms with Crippen molar-refractivity contribution in [1.82, 2.24) is 0 Å². The van der Waals surface area contributed by atoms with Crippen LogP contribution in [0.15, 0.2) is 42.5 Å². The number of nitrogens with zero attached hydrogens (tertiary/aromatic N) is 1. The van der Waals surface area contributed by atoms with Crippen molar-refractivity contribution in [2.45, 2.75) is 13.8 Å². The average Bonchev–Trinajstić information content (AvgIpc) is 2.41. The summed E-state index contributed by atoms with van der Waals surface area (Å²) in [5.74, 6) is 0.736. The summed E-state index contributed by atoms with van der Waals surface area (Å²) in [6.45, 7) is 4.66. The van der Waals surface area contributed by atoms with E-state index < -0.39 is 0 Å². The Labute approximate surface area is 114 Å². The maximum absolute atomic E-state index is 5.89. The summed E-state index contributed by atoms with van der Waals surface area (Å²) in [6.07, 6.45) is 0. The monoisotopic (exact) mass is 256 g/mol. The predicted molar refractivity (Wildman–Crippen MR) is 81.3 cm³/mol. The molecule has 0 spiro atoms. The molecule has 100 valence electrons. The third-order valence-corrected chi connectivity index (χ3v) is 3.07. The first kappa shape index (κ1) is 13.3. The summed E-state index contributed by atoms with van der Waals surface area (Å²) in [7, 11) is 2.04. The van der Waals surface area contributed by atoms with Gasteiger partial charge in [-0.25, -0.2) is 0 Å². The zero-order valence-corrected chi connectivity index (χ0v) is 11.7. The Bertz CT molecular complexity index is 566. The largest absolute Gasteiger partial charge is 0.492 e. The van der Waals surface area contributed by atoms with Gasteiger partial charge in [0.15, 0.2) is 0 Å². The number of nitrogen functional groups attached to an aromatic ring is 1. The second-order valence-electron chi connectivity index (χ2n) is 4.55. The van der Waals surface area contributed by atoms with Crippen molar-refractivity contribution in [3.63, 3.8) is 0 Å². The first-order valence-electron chi connectivity index (χ1n) is 6.44. The van der Waals surface area contributed by atoms with Crippen LogP contribution >= 0.6 is 0 Å². The van der Waals surface area contributed by atoms with Crippen LogP contribution in [0.2, 0.25) is 0 Å². The number of benzene rings is 2. The van der Waals surface area contributed by atoms with Gasteiger partial charge in [-0.1, -0.05) is 12.1 Å². The predicted octanol–water partition coefficient (Wildman–Crippen LogP) is 3.74. The summed E-state index contributed by atoms with van der Waals surface area (Å²) in [6, 6.07) is 14.2. The number of aryl methyl sites for hydroxylation is 1. The van der Waals surface area contributed by atoms with Gasteiger partial charge in [0, 0.05) is 24.5 Å². The number of hydrogen-bond donors (Lipinski definition) is 1. The molecule has 0 aliphatic rings. The van der Waals surface area contributed by atoms with Crippen molar-refractivity contribution in [1.29, 1.82) is 0 Å². The lowest BCUT2D eigenvalue weighted by Gasteiger charge is -2.21. The standard InChI is InChI=1S/C16H20N2O/c1-4-19-16-11-14(8-9-15(16)17)18(3)13-7-5-6-12(2)10-13/h5-11H,4,17H2,1-3H3. The highest BCUT2D eigenvalue weighted by Gasteiger charge is 2.07. The van der Waals surface area contributed by atoms with Gasteiger partial charge in [-0.05, 0) is 43.7 Å². The quantitative estimate of drug-likeness (QED) is 0.847. The molecule has 0 saturated heterocycles. The van der Waals surface area contributed by atoms with Gasteiger partial charge in [0.1, 0.15) is 5.75 Å². The van der Waals surface area contributed by atoms with Gasteiger partial charge >= 0.3 is 0 Å². The Morgan fingerprint density at radius 1 is 1.11 bits per heavy atom. The molecule has 2 aromatic carbocycles. The van der Waals surface area contributed by atoms with Crippen LogP contribution in [0.3, 0.4) is 0 Å². The van der Waals surface area contributed by atoms with E-state index in [-0.39, 0.29) is 0 Å². The topological polar surface area (TPSA) is 38.5 Å². The smallest absolute Gasteiger partial charge is 0.144 e. The van der Waals surface area contributed by atoms with Crippen molar-refractivity contribution in [2.75, 3.05) is 24.3 Å². The minimum atomic E-state index is 0.613. The minimum absolute atomic E-state index is 0.613. The molecule has 2 aromatic rings. The molecular weight excluding hydrogens is 236 g/mol. The maximum atomic E-state index is 5.89. The number of hydrogen-bond acceptors (Lipinski definition) is 3.